The number of carbonyl (C=O) groups is 1. The van der Waals surface area contributed by atoms with Crippen LogP contribution in [0.5, 0.6) is 5.75 Å². The smallest absolute Gasteiger partial charge is 0.258 e. The van der Waals surface area contributed by atoms with E-state index in [1.807, 2.05) is 25.1 Å². The summed E-state index contributed by atoms with van der Waals surface area (Å²) in [6.45, 7) is 0.192. The van der Waals surface area contributed by atoms with Gasteiger partial charge in [-0.05, 0) is 50.0 Å². The van der Waals surface area contributed by atoms with Crippen LogP contribution in [0.1, 0.15) is 11.6 Å². The quantitative estimate of drug-likeness (QED) is 0.722. The van der Waals surface area contributed by atoms with Crippen LogP contribution in [0.4, 0.5) is 4.39 Å². The van der Waals surface area contributed by atoms with Crippen molar-refractivity contribution in [1.82, 2.24) is 10.2 Å². The number of ether oxygens (including phenoxy) is 1. The molecule has 0 aliphatic heterocycles. The zero-order valence-corrected chi connectivity index (χ0v) is 16.3. The van der Waals surface area contributed by atoms with E-state index < -0.39 is 0 Å². The van der Waals surface area contributed by atoms with E-state index in [-0.39, 0.29) is 24.4 Å². The maximum atomic E-state index is 13.4. The largest absolute Gasteiger partial charge is 0.482 e. The number of nitrogens with one attached hydrogen (secondary N) is 1. The average molecular weight is 430 g/mol. The fraction of sp³-hybridized carbons (Fsp3) is 0.278. The predicted octanol–water partition coefficient (Wildman–Crippen LogP) is 4.04. The van der Waals surface area contributed by atoms with Gasteiger partial charge in [-0.3, -0.25) is 4.79 Å². The summed E-state index contributed by atoms with van der Waals surface area (Å²) in [7, 11) is 3.75. The third-order valence-corrected chi connectivity index (χ3v) is 4.39. The maximum absolute atomic E-state index is 13.4. The summed E-state index contributed by atoms with van der Waals surface area (Å²) < 4.78 is 19.7. The van der Waals surface area contributed by atoms with Gasteiger partial charge >= 0.3 is 0 Å². The van der Waals surface area contributed by atoms with Gasteiger partial charge in [0.15, 0.2) is 6.61 Å². The number of nitrogens with zero attached hydrogens (tertiary/aromatic N) is 1. The Kier molecular flexibility index (Phi) is 7.23. The van der Waals surface area contributed by atoms with E-state index in [9.17, 15) is 9.18 Å². The van der Waals surface area contributed by atoms with Gasteiger partial charge in [0.2, 0.25) is 0 Å². The molecule has 1 amide bonds. The summed E-state index contributed by atoms with van der Waals surface area (Å²) in [5, 5.41) is 3.23. The molecule has 134 valence electrons. The lowest BCUT2D eigenvalue weighted by atomic mass is 10.1. The lowest BCUT2D eigenvalue weighted by Crippen LogP contribution is -2.36. The summed E-state index contributed by atoms with van der Waals surface area (Å²) >= 11 is 9.36. The Labute approximate surface area is 160 Å². The number of amides is 1. The van der Waals surface area contributed by atoms with Crippen LogP contribution in [0, 0.1) is 5.82 Å². The van der Waals surface area contributed by atoms with Crippen molar-refractivity contribution in [2.45, 2.75) is 6.04 Å². The van der Waals surface area contributed by atoms with Crippen LogP contribution in [-0.4, -0.2) is 38.1 Å². The SMILES string of the molecule is CN(C)C(CNC(=O)COc1ccc(Br)cc1Cl)c1cccc(F)c1. The first-order valence-electron chi connectivity index (χ1n) is 7.63. The highest BCUT2D eigenvalue weighted by atomic mass is 79.9. The third kappa shape index (κ3) is 5.99. The first-order chi connectivity index (χ1) is 11.9. The minimum Gasteiger partial charge on any atom is -0.482 e. The van der Waals surface area contributed by atoms with Crippen LogP contribution >= 0.6 is 27.5 Å². The van der Waals surface area contributed by atoms with Crippen molar-refractivity contribution >= 4 is 33.4 Å². The second kappa shape index (κ2) is 9.17. The van der Waals surface area contributed by atoms with E-state index in [1.54, 1.807) is 24.3 Å². The molecule has 1 N–H and O–H groups in total. The zero-order chi connectivity index (χ0) is 18.4. The summed E-state index contributed by atoms with van der Waals surface area (Å²) in [6, 6.07) is 11.4. The standard InChI is InChI=1S/C18H19BrClFN2O2/c1-23(2)16(12-4-3-5-14(21)8-12)10-22-18(24)11-25-17-7-6-13(19)9-15(17)20/h3-9,16H,10-11H2,1-2H3,(H,22,24). The van der Waals surface area contributed by atoms with Crippen molar-refractivity contribution in [3.05, 3.63) is 63.3 Å². The molecule has 0 aliphatic carbocycles. The van der Waals surface area contributed by atoms with Gasteiger partial charge in [0.25, 0.3) is 5.91 Å². The van der Waals surface area contributed by atoms with E-state index in [0.717, 1.165) is 10.0 Å². The van der Waals surface area contributed by atoms with Gasteiger partial charge in [-0.25, -0.2) is 4.39 Å². The van der Waals surface area contributed by atoms with Gasteiger partial charge < -0.3 is 15.0 Å². The number of rotatable bonds is 7. The molecular weight excluding hydrogens is 411 g/mol. The fourth-order valence-electron chi connectivity index (χ4n) is 2.31. The normalized spacial score (nSPS) is 12.1. The van der Waals surface area contributed by atoms with Crippen molar-refractivity contribution in [3.63, 3.8) is 0 Å². The monoisotopic (exact) mass is 428 g/mol. The zero-order valence-electron chi connectivity index (χ0n) is 13.9. The van der Waals surface area contributed by atoms with Crippen LogP contribution in [-0.2, 0) is 4.79 Å². The van der Waals surface area contributed by atoms with Crippen molar-refractivity contribution in [1.29, 1.82) is 0 Å². The van der Waals surface area contributed by atoms with Gasteiger partial charge in [-0.15, -0.1) is 0 Å². The molecule has 2 aromatic rings. The van der Waals surface area contributed by atoms with Crippen molar-refractivity contribution < 1.29 is 13.9 Å². The molecule has 0 spiro atoms. The Hall–Kier alpha value is -1.63. The molecule has 1 unspecified atom stereocenters. The lowest BCUT2D eigenvalue weighted by Gasteiger charge is -2.25. The van der Waals surface area contributed by atoms with Crippen molar-refractivity contribution in [2.75, 3.05) is 27.2 Å². The van der Waals surface area contributed by atoms with Gasteiger partial charge in [-0.2, -0.15) is 0 Å². The Morgan fingerprint density at radius 1 is 1.32 bits per heavy atom. The maximum Gasteiger partial charge on any atom is 0.258 e. The first-order valence-corrected chi connectivity index (χ1v) is 8.80. The highest BCUT2D eigenvalue weighted by molar-refractivity contribution is 9.10. The third-order valence-electron chi connectivity index (χ3n) is 3.60. The van der Waals surface area contributed by atoms with E-state index in [1.165, 1.54) is 12.1 Å². The second-order valence-electron chi connectivity index (χ2n) is 5.70. The molecule has 2 rings (SSSR count). The highest BCUT2D eigenvalue weighted by Crippen LogP contribution is 2.27. The van der Waals surface area contributed by atoms with E-state index in [4.69, 9.17) is 16.3 Å². The van der Waals surface area contributed by atoms with Gasteiger partial charge in [0.05, 0.1) is 11.1 Å². The molecule has 7 heteroatoms. The van der Waals surface area contributed by atoms with E-state index in [0.29, 0.717) is 17.3 Å². The Bertz CT molecular complexity index is 743. The summed E-state index contributed by atoms with van der Waals surface area (Å²) in [6.07, 6.45) is 0. The predicted molar refractivity (Wildman–Crippen MR) is 100 cm³/mol. The second-order valence-corrected chi connectivity index (χ2v) is 7.02. The average Bonchev–Trinajstić information content (AvgIpc) is 2.54. The topological polar surface area (TPSA) is 41.6 Å². The molecule has 0 fully saturated rings. The molecule has 2 aromatic carbocycles. The molecule has 1 atom stereocenters. The van der Waals surface area contributed by atoms with E-state index >= 15 is 0 Å². The molecule has 0 bridgehead atoms. The molecule has 25 heavy (non-hydrogen) atoms. The Morgan fingerprint density at radius 3 is 2.72 bits per heavy atom. The molecule has 0 saturated heterocycles. The number of hydrogen-bond donors (Lipinski definition) is 1. The summed E-state index contributed by atoms with van der Waals surface area (Å²) in [5.41, 5.74) is 0.794. The Balaban J connectivity index is 1.91. The number of halogens is 3. The Morgan fingerprint density at radius 2 is 2.08 bits per heavy atom. The number of benzene rings is 2. The van der Waals surface area contributed by atoms with Crippen molar-refractivity contribution in [3.8, 4) is 5.75 Å². The van der Waals surface area contributed by atoms with Crippen LogP contribution in [0.25, 0.3) is 0 Å². The molecule has 0 aromatic heterocycles. The van der Waals surface area contributed by atoms with Gasteiger partial charge in [0.1, 0.15) is 11.6 Å². The van der Waals surface area contributed by atoms with Crippen LogP contribution in [0.2, 0.25) is 5.02 Å². The van der Waals surface area contributed by atoms with Crippen LogP contribution in [0.15, 0.2) is 46.9 Å². The minimum absolute atomic E-state index is 0.143. The molecule has 0 aliphatic rings. The lowest BCUT2D eigenvalue weighted by molar-refractivity contribution is -0.123. The first kappa shape index (κ1) is 19.7. The molecular formula is C18H19BrClFN2O2. The van der Waals surface area contributed by atoms with Crippen molar-refractivity contribution in [2.24, 2.45) is 0 Å². The van der Waals surface area contributed by atoms with Crippen LogP contribution in [0.3, 0.4) is 0 Å². The summed E-state index contributed by atoms with van der Waals surface area (Å²) in [5.74, 6) is -0.138. The number of carbonyl (C=O) groups excluding carboxylic acids is 1. The molecule has 0 radical (unpaired) electrons. The fourth-order valence-corrected chi connectivity index (χ4v) is 3.04. The highest BCUT2D eigenvalue weighted by Gasteiger charge is 2.16. The minimum atomic E-state index is -0.302. The van der Waals surface area contributed by atoms with Gasteiger partial charge in [0, 0.05) is 11.0 Å². The van der Waals surface area contributed by atoms with Crippen LogP contribution < -0.4 is 10.1 Å². The summed E-state index contributed by atoms with van der Waals surface area (Å²) in [4.78, 5) is 14.0. The number of hydrogen-bond acceptors (Lipinski definition) is 3. The molecule has 0 saturated carbocycles. The molecule has 0 heterocycles. The molecule has 4 nitrogen and oxygen atoms in total. The number of likely N-dealkylation sites (N-methyl/N-ethyl adjacent to an activating group) is 1. The van der Waals surface area contributed by atoms with Gasteiger partial charge in [-0.1, -0.05) is 39.7 Å². The van der Waals surface area contributed by atoms with E-state index in [2.05, 4.69) is 21.2 Å².